The summed E-state index contributed by atoms with van der Waals surface area (Å²) in [5.41, 5.74) is 0.380. The molecule has 0 aliphatic rings. The van der Waals surface area contributed by atoms with E-state index in [-0.39, 0.29) is 17.6 Å². The van der Waals surface area contributed by atoms with E-state index < -0.39 is 5.97 Å². The van der Waals surface area contributed by atoms with Crippen LogP contribution in [0.15, 0.2) is 18.5 Å². The normalized spacial score (nSPS) is 11.8. The topological polar surface area (TPSA) is 91.8 Å². The van der Waals surface area contributed by atoms with Crippen LogP contribution in [0.2, 0.25) is 0 Å². The first-order chi connectivity index (χ1) is 9.99. The van der Waals surface area contributed by atoms with Gasteiger partial charge in [-0.25, -0.2) is 9.59 Å². The minimum Gasteiger partial charge on any atom is -0.478 e. The molecule has 2 amide bonds. The van der Waals surface area contributed by atoms with Crippen molar-refractivity contribution in [2.45, 2.75) is 26.3 Å². The number of amides is 2. The molecule has 0 spiro atoms. The number of urea groups is 1. The number of carboxylic acids is 1. The lowest BCUT2D eigenvalue weighted by atomic mass is 10.2. The van der Waals surface area contributed by atoms with Crippen molar-refractivity contribution in [1.82, 2.24) is 9.88 Å². The number of hydrogen-bond acceptors (Lipinski definition) is 4. The van der Waals surface area contributed by atoms with Crippen molar-refractivity contribution in [2.75, 3.05) is 25.6 Å². The van der Waals surface area contributed by atoms with Crippen molar-refractivity contribution in [3.63, 3.8) is 0 Å². The molecule has 1 atom stereocenters. The SMILES string of the molecule is CCC(C)N(CCOC)C(=O)Nc1cncc(C(=O)O)c1. The number of pyridine rings is 1. The van der Waals surface area contributed by atoms with Crippen LogP contribution in [0.3, 0.4) is 0 Å². The number of carbonyl (C=O) groups excluding carboxylic acids is 1. The van der Waals surface area contributed by atoms with E-state index in [2.05, 4.69) is 10.3 Å². The van der Waals surface area contributed by atoms with Gasteiger partial charge in [-0.15, -0.1) is 0 Å². The van der Waals surface area contributed by atoms with Gasteiger partial charge in [0.1, 0.15) is 0 Å². The van der Waals surface area contributed by atoms with Gasteiger partial charge in [-0.05, 0) is 19.4 Å². The molecule has 0 saturated carbocycles. The fourth-order valence-corrected chi connectivity index (χ4v) is 1.75. The van der Waals surface area contributed by atoms with Gasteiger partial charge in [-0.3, -0.25) is 4.98 Å². The first-order valence-corrected chi connectivity index (χ1v) is 6.74. The molecule has 0 radical (unpaired) electrons. The Morgan fingerprint density at radius 2 is 2.19 bits per heavy atom. The second-order valence-electron chi connectivity index (χ2n) is 4.64. The number of rotatable bonds is 7. The number of aromatic nitrogens is 1. The lowest BCUT2D eigenvalue weighted by molar-refractivity contribution is 0.0696. The third-order valence-electron chi connectivity index (χ3n) is 3.16. The van der Waals surface area contributed by atoms with E-state index in [0.29, 0.717) is 18.8 Å². The Morgan fingerprint density at radius 1 is 1.48 bits per heavy atom. The van der Waals surface area contributed by atoms with Crippen LogP contribution in [0.25, 0.3) is 0 Å². The van der Waals surface area contributed by atoms with Crippen LogP contribution in [-0.4, -0.2) is 53.3 Å². The Balaban J connectivity index is 2.80. The monoisotopic (exact) mass is 295 g/mol. The highest BCUT2D eigenvalue weighted by molar-refractivity contribution is 5.92. The molecule has 1 aromatic rings. The van der Waals surface area contributed by atoms with Gasteiger partial charge in [-0.2, -0.15) is 0 Å². The number of aromatic carboxylic acids is 1. The standard InChI is InChI=1S/C14H21N3O4/c1-4-10(2)17(5-6-21-3)14(20)16-12-7-11(13(18)19)8-15-9-12/h7-10H,4-6H2,1-3H3,(H,16,20)(H,18,19). The summed E-state index contributed by atoms with van der Waals surface area (Å²) in [5, 5.41) is 11.6. The van der Waals surface area contributed by atoms with Crippen molar-refractivity contribution in [1.29, 1.82) is 0 Å². The average molecular weight is 295 g/mol. The fraction of sp³-hybridized carbons (Fsp3) is 0.500. The highest BCUT2D eigenvalue weighted by Gasteiger charge is 2.19. The van der Waals surface area contributed by atoms with Gasteiger partial charge in [0.25, 0.3) is 0 Å². The first kappa shape index (κ1) is 16.9. The van der Waals surface area contributed by atoms with Crippen molar-refractivity contribution < 1.29 is 19.4 Å². The third-order valence-corrected chi connectivity index (χ3v) is 3.16. The molecule has 7 nitrogen and oxygen atoms in total. The van der Waals surface area contributed by atoms with Gasteiger partial charge in [0.2, 0.25) is 0 Å². The second-order valence-corrected chi connectivity index (χ2v) is 4.64. The lowest BCUT2D eigenvalue weighted by Crippen LogP contribution is -2.43. The van der Waals surface area contributed by atoms with Crippen molar-refractivity contribution in [3.8, 4) is 0 Å². The number of carbonyl (C=O) groups is 2. The zero-order valence-electron chi connectivity index (χ0n) is 12.5. The molecule has 1 heterocycles. The van der Waals surface area contributed by atoms with Crippen LogP contribution in [0, 0.1) is 0 Å². The second kappa shape index (κ2) is 8.21. The molecule has 116 valence electrons. The van der Waals surface area contributed by atoms with Crippen LogP contribution in [0.1, 0.15) is 30.6 Å². The number of ether oxygens (including phenoxy) is 1. The molecule has 0 aliphatic carbocycles. The zero-order valence-corrected chi connectivity index (χ0v) is 12.5. The predicted molar refractivity (Wildman–Crippen MR) is 78.6 cm³/mol. The number of anilines is 1. The quantitative estimate of drug-likeness (QED) is 0.803. The maximum Gasteiger partial charge on any atom is 0.337 e. The van der Waals surface area contributed by atoms with Crippen molar-refractivity contribution in [3.05, 3.63) is 24.0 Å². The summed E-state index contributed by atoms with van der Waals surface area (Å²) >= 11 is 0. The van der Waals surface area contributed by atoms with E-state index in [4.69, 9.17) is 9.84 Å². The summed E-state index contributed by atoms with van der Waals surface area (Å²) in [6, 6.07) is 1.12. The summed E-state index contributed by atoms with van der Waals surface area (Å²) in [7, 11) is 1.58. The zero-order chi connectivity index (χ0) is 15.8. The number of nitrogens with one attached hydrogen (secondary N) is 1. The number of hydrogen-bond donors (Lipinski definition) is 2. The Labute approximate surface area is 123 Å². The Morgan fingerprint density at radius 3 is 2.76 bits per heavy atom. The molecule has 2 N–H and O–H groups in total. The molecule has 1 unspecified atom stereocenters. The molecular weight excluding hydrogens is 274 g/mol. The molecule has 21 heavy (non-hydrogen) atoms. The number of methoxy groups -OCH3 is 1. The van der Waals surface area contributed by atoms with E-state index in [1.165, 1.54) is 18.5 Å². The third kappa shape index (κ3) is 5.03. The molecule has 0 aliphatic heterocycles. The van der Waals surface area contributed by atoms with Gasteiger partial charge < -0.3 is 20.1 Å². The van der Waals surface area contributed by atoms with E-state index >= 15 is 0 Å². The molecule has 1 aromatic heterocycles. The average Bonchev–Trinajstić information content (AvgIpc) is 2.47. The van der Waals surface area contributed by atoms with Crippen molar-refractivity contribution in [2.24, 2.45) is 0 Å². The van der Waals surface area contributed by atoms with E-state index in [0.717, 1.165) is 6.42 Å². The molecule has 1 rings (SSSR count). The van der Waals surface area contributed by atoms with Gasteiger partial charge in [-0.1, -0.05) is 6.92 Å². The van der Waals surface area contributed by atoms with E-state index in [1.54, 1.807) is 12.0 Å². The summed E-state index contributed by atoms with van der Waals surface area (Å²) in [5.74, 6) is -1.09. The smallest absolute Gasteiger partial charge is 0.337 e. The van der Waals surface area contributed by atoms with Gasteiger partial charge in [0.15, 0.2) is 0 Å². The van der Waals surface area contributed by atoms with Crippen molar-refractivity contribution >= 4 is 17.7 Å². The van der Waals surface area contributed by atoms with Crippen LogP contribution < -0.4 is 5.32 Å². The summed E-state index contributed by atoms with van der Waals surface area (Å²) in [6.45, 7) is 4.83. The maximum atomic E-state index is 12.3. The summed E-state index contributed by atoms with van der Waals surface area (Å²) in [4.78, 5) is 28.6. The number of nitrogens with zero attached hydrogens (tertiary/aromatic N) is 2. The Bertz CT molecular complexity index is 493. The molecule has 0 bridgehead atoms. The molecule has 0 saturated heterocycles. The molecule has 7 heteroatoms. The lowest BCUT2D eigenvalue weighted by Gasteiger charge is -2.28. The maximum absolute atomic E-state index is 12.3. The van der Waals surface area contributed by atoms with Gasteiger partial charge >= 0.3 is 12.0 Å². The van der Waals surface area contributed by atoms with Crippen LogP contribution in [0.4, 0.5) is 10.5 Å². The summed E-state index contributed by atoms with van der Waals surface area (Å²) in [6.07, 6.45) is 3.45. The Hall–Kier alpha value is -2.15. The fourth-order valence-electron chi connectivity index (χ4n) is 1.75. The van der Waals surface area contributed by atoms with Gasteiger partial charge in [0.05, 0.1) is 24.1 Å². The van der Waals surface area contributed by atoms with Crippen LogP contribution in [-0.2, 0) is 4.74 Å². The summed E-state index contributed by atoms with van der Waals surface area (Å²) < 4.78 is 5.01. The molecule has 0 aromatic carbocycles. The van der Waals surface area contributed by atoms with E-state index in [9.17, 15) is 9.59 Å². The molecule has 0 fully saturated rings. The minimum atomic E-state index is -1.09. The highest BCUT2D eigenvalue weighted by atomic mass is 16.5. The van der Waals surface area contributed by atoms with Gasteiger partial charge in [0, 0.05) is 25.9 Å². The van der Waals surface area contributed by atoms with Crippen LogP contribution in [0.5, 0.6) is 0 Å². The molecular formula is C14H21N3O4. The Kier molecular flexibility index (Phi) is 6.61. The highest BCUT2D eigenvalue weighted by Crippen LogP contribution is 2.11. The van der Waals surface area contributed by atoms with E-state index in [1.807, 2.05) is 13.8 Å². The minimum absolute atomic E-state index is 0.0276. The largest absolute Gasteiger partial charge is 0.478 e. The predicted octanol–water partition coefficient (Wildman–Crippen LogP) is 2.06. The van der Waals surface area contributed by atoms with Crippen LogP contribution >= 0.6 is 0 Å². The number of carboxylic acid groups (broad SMARTS) is 1. The first-order valence-electron chi connectivity index (χ1n) is 6.74.